The second kappa shape index (κ2) is 4.06. The fourth-order valence-electron chi connectivity index (χ4n) is 2.16. The molecule has 1 aliphatic rings. The molecular weight excluding hydrogens is 212 g/mol. The molecule has 0 aliphatic carbocycles. The minimum atomic E-state index is -1.10. The van der Waals surface area contributed by atoms with Gasteiger partial charge in [-0.15, -0.1) is 0 Å². The Labute approximate surface area is 92.3 Å². The molecule has 0 spiro atoms. The summed E-state index contributed by atoms with van der Waals surface area (Å²) in [4.78, 5) is 23.4. The summed E-state index contributed by atoms with van der Waals surface area (Å²) < 4.78 is 10.00. The van der Waals surface area contributed by atoms with Crippen LogP contribution in [-0.2, 0) is 18.8 Å². The first-order valence-corrected chi connectivity index (χ1v) is 6.46. The lowest BCUT2D eigenvalue weighted by molar-refractivity contribution is -0.154. The number of esters is 2. The standard InChI is InChI=1S/C10H18O4Si/c1-5-6-10(15-13-4)8(12)14-7(11)9(10,2)3/h5-6,15H2,1-4H3. The highest BCUT2D eigenvalue weighted by Crippen LogP contribution is 2.55. The van der Waals surface area contributed by atoms with E-state index in [4.69, 9.17) is 9.16 Å². The van der Waals surface area contributed by atoms with Gasteiger partial charge in [-0.1, -0.05) is 13.3 Å². The smallest absolute Gasteiger partial charge is 0.320 e. The highest BCUT2D eigenvalue weighted by Gasteiger charge is 2.63. The van der Waals surface area contributed by atoms with Crippen molar-refractivity contribution in [2.24, 2.45) is 5.41 Å². The summed E-state index contributed by atoms with van der Waals surface area (Å²) in [5.74, 6) is -0.793. The maximum Gasteiger partial charge on any atom is 0.320 e. The molecule has 0 radical (unpaired) electrons. The third-order valence-electron chi connectivity index (χ3n) is 3.35. The van der Waals surface area contributed by atoms with Gasteiger partial charge in [-0.3, -0.25) is 9.59 Å². The first-order valence-electron chi connectivity index (χ1n) is 5.18. The molecule has 1 heterocycles. The van der Waals surface area contributed by atoms with Crippen LogP contribution >= 0.6 is 0 Å². The Kier molecular flexibility index (Phi) is 3.35. The largest absolute Gasteiger partial charge is 0.426 e. The zero-order valence-electron chi connectivity index (χ0n) is 9.75. The minimum Gasteiger partial charge on any atom is -0.426 e. The van der Waals surface area contributed by atoms with Gasteiger partial charge in [-0.2, -0.15) is 0 Å². The highest BCUT2D eigenvalue weighted by molar-refractivity contribution is 6.44. The van der Waals surface area contributed by atoms with Crippen LogP contribution in [0.15, 0.2) is 0 Å². The van der Waals surface area contributed by atoms with Gasteiger partial charge in [0.2, 0.25) is 0 Å². The molecule has 0 aromatic heterocycles. The van der Waals surface area contributed by atoms with Gasteiger partial charge in [-0.25, -0.2) is 0 Å². The van der Waals surface area contributed by atoms with Crippen molar-refractivity contribution in [2.75, 3.05) is 7.11 Å². The molecule has 86 valence electrons. The molecule has 0 bridgehead atoms. The lowest BCUT2D eigenvalue weighted by Crippen LogP contribution is -2.39. The third-order valence-corrected chi connectivity index (χ3v) is 5.66. The predicted molar refractivity (Wildman–Crippen MR) is 58.0 cm³/mol. The van der Waals surface area contributed by atoms with E-state index < -0.39 is 26.2 Å². The number of cyclic esters (lactones) is 2. The fraction of sp³-hybridized carbons (Fsp3) is 0.800. The summed E-state index contributed by atoms with van der Waals surface area (Å²) in [6.07, 6.45) is 1.52. The van der Waals surface area contributed by atoms with E-state index in [1.807, 2.05) is 6.92 Å². The molecule has 0 aromatic rings. The lowest BCUT2D eigenvalue weighted by Gasteiger charge is -2.33. The molecule has 15 heavy (non-hydrogen) atoms. The summed E-state index contributed by atoms with van der Waals surface area (Å²) in [6.45, 7) is 5.56. The normalized spacial score (nSPS) is 30.1. The molecule has 1 aliphatic heterocycles. The summed E-state index contributed by atoms with van der Waals surface area (Å²) in [5.41, 5.74) is -0.734. The van der Waals surface area contributed by atoms with E-state index in [1.165, 1.54) is 0 Å². The number of hydrogen-bond donors (Lipinski definition) is 0. The second-order valence-electron chi connectivity index (χ2n) is 4.57. The van der Waals surface area contributed by atoms with E-state index in [9.17, 15) is 9.59 Å². The monoisotopic (exact) mass is 230 g/mol. The summed E-state index contributed by atoms with van der Waals surface area (Å²) in [6, 6.07) is 0. The van der Waals surface area contributed by atoms with Gasteiger partial charge in [0.25, 0.3) is 0 Å². The molecule has 0 amide bonds. The zero-order chi connectivity index (χ0) is 11.7. The Morgan fingerprint density at radius 1 is 1.33 bits per heavy atom. The van der Waals surface area contributed by atoms with Gasteiger partial charge in [0.15, 0.2) is 9.76 Å². The number of carbonyl (C=O) groups is 2. The van der Waals surface area contributed by atoms with Gasteiger partial charge in [-0.05, 0) is 20.3 Å². The van der Waals surface area contributed by atoms with E-state index in [2.05, 4.69) is 0 Å². The molecule has 1 fully saturated rings. The van der Waals surface area contributed by atoms with Crippen molar-refractivity contribution < 1.29 is 18.8 Å². The molecule has 1 unspecified atom stereocenters. The molecule has 1 atom stereocenters. The Balaban J connectivity index is 3.13. The van der Waals surface area contributed by atoms with Gasteiger partial charge < -0.3 is 9.16 Å². The molecule has 0 N–H and O–H groups in total. The van der Waals surface area contributed by atoms with Gasteiger partial charge in [0.05, 0.1) is 10.5 Å². The second-order valence-corrected chi connectivity index (χ2v) is 6.64. The van der Waals surface area contributed by atoms with Crippen LogP contribution < -0.4 is 0 Å². The van der Waals surface area contributed by atoms with E-state index in [0.717, 1.165) is 6.42 Å². The van der Waals surface area contributed by atoms with Gasteiger partial charge >= 0.3 is 11.9 Å². The number of hydrogen-bond acceptors (Lipinski definition) is 4. The number of carbonyl (C=O) groups excluding carboxylic acids is 2. The van der Waals surface area contributed by atoms with Gasteiger partial charge in [0.1, 0.15) is 0 Å². The van der Waals surface area contributed by atoms with Crippen molar-refractivity contribution >= 4 is 21.7 Å². The van der Waals surface area contributed by atoms with Crippen molar-refractivity contribution in [3.63, 3.8) is 0 Å². The first-order chi connectivity index (χ1) is 6.92. The highest BCUT2D eigenvalue weighted by atomic mass is 28.2. The molecule has 5 heteroatoms. The topological polar surface area (TPSA) is 52.6 Å². The Bertz CT molecular complexity index is 279. The van der Waals surface area contributed by atoms with E-state index in [1.54, 1.807) is 21.0 Å². The van der Waals surface area contributed by atoms with Gasteiger partial charge in [0, 0.05) is 7.11 Å². The molecule has 4 nitrogen and oxygen atoms in total. The number of rotatable bonds is 4. The summed E-state index contributed by atoms with van der Waals surface area (Å²) >= 11 is 0. The Morgan fingerprint density at radius 3 is 2.27 bits per heavy atom. The van der Waals surface area contributed by atoms with Crippen LogP contribution in [0.3, 0.4) is 0 Å². The SMILES string of the molecule is CCCC1([SiH2]OC)C(=O)OC(=O)C1(C)C. The summed E-state index contributed by atoms with van der Waals surface area (Å²) in [5, 5.41) is -0.673. The van der Waals surface area contributed by atoms with Crippen molar-refractivity contribution in [2.45, 2.75) is 38.7 Å². The van der Waals surface area contributed by atoms with Crippen LogP contribution in [0, 0.1) is 5.41 Å². The predicted octanol–water partition coefficient (Wildman–Crippen LogP) is 0.785. The fourth-order valence-corrected chi connectivity index (χ4v) is 3.85. The molecule has 1 rings (SSSR count). The summed E-state index contributed by atoms with van der Waals surface area (Å²) in [7, 11) is 0.495. The molecule has 0 aromatic carbocycles. The van der Waals surface area contributed by atoms with Crippen molar-refractivity contribution in [3.8, 4) is 0 Å². The van der Waals surface area contributed by atoms with E-state index in [-0.39, 0.29) is 5.97 Å². The van der Waals surface area contributed by atoms with Crippen LogP contribution in [0.2, 0.25) is 5.04 Å². The van der Waals surface area contributed by atoms with Crippen LogP contribution in [0.25, 0.3) is 0 Å². The third kappa shape index (κ3) is 1.63. The Hall–Kier alpha value is -0.683. The molecule has 1 saturated heterocycles. The lowest BCUT2D eigenvalue weighted by atomic mass is 9.77. The minimum absolute atomic E-state index is 0.382. The first kappa shape index (κ1) is 12.4. The maximum atomic E-state index is 11.8. The van der Waals surface area contributed by atoms with E-state index >= 15 is 0 Å². The van der Waals surface area contributed by atoms with Crippen LogP contribution in [0.1, 0.15) is 33.6 Å². The van der Waals surface area contributed by atoms with Crippen molar-refractivity contribution in [1.82, 2.24) is 0 Å². The van der Waals surface area contributed by atoms with Crippen molar-refractivity contribution in [3.05, 3.63) is 0 Å². The molecule has 0 saturated carbocycles. The van der Waals surface area contributed by atoms with E-state index in [0.29, 0.717) is 6.42 Å². The average Bonchev–Trinajstić information content (AvgIpc) is 2.29. The molecular formula is C10H18O4Si. The van der Waals surface area contributed by atoms with Crippen molar-refractivity contribution in [1.29, 1.82) is 0 Å². The maximum absolute atomic E-state index is 11.8. The average molecular weight is 230 g/mol. The van der Waals surface area contributed by atoms with Crippen LogP contribution in [0.5, 0.6) is 0 Å². The Morgan fingerprint density at radius 2 is 1.93 bits per heavy atom. The number of ether oxygens (including phenoxy) is 1. The van der Waals surface area contributed by atoms with Crippen LogP contribution in [0.4, 0.5) is 0 Å². The quantitative estimate of drug-likeness (QED) is 0.407. The zero-order valence-corrected chi connectivity index (χ0v) is 11.2. The van der Waals surface area contributed by atoms with Crippen LogP contribution in [-0.4, -0.2) is 28.8 Å².